The zero-order valence-corrected chi connectivity index (χ0v) is 13.2. The first kappa shape index (κ1) is 14.6. The Labute approximate surface area is 132 Å². The molecule has 0 fully saturated rings. The van der Waals surface area contributed by atoms with Gasteiger partial charge in [-0.15, -0.1) is 11.3 Å². The second-order valence-electron chi connectivity index (χ2n) is 4.81. The molecule has 0 aliphatic heterocycles. The third-order valence-corrected chi connectivity index (χ3v) is 4.70. The van der Waals surface area contributed by atoms with Crippen LogP contribution in [-0.4, -0.2) is 14.2 Å². The van der Waals surface area contributed by atoms with Crippen LogP contribution >= 0.6 is 11.3 Å². The van der Waals surface area contributed by atoms with Gasteiger partial charge in [-0.2, -0.15) is 0 Å². The lowest BCUT2D eigenvalue weighted by Gasteiger charge is -2.08. The number of thiophene rings is 1. The summed E-state index contributed by atoms with van der Waals surface area (Å²) in [7, 11) is 3.22. The molecule has 0 spiro atoms. The topological polar surface area (TPSA) is 18.5 Å². The van der Waals surface area contributed by atoms with Gasteiger partial charge in [-0.05, 0) is 35.9 Å². The molecule has 3 rings (SSSR count). The summed E-state index contributed by atoms with van der Waals surface area (Å²) in [5.74, 6) is 1.09. The van der Waals surface area contributed by atoms with Crippen molar-refractivity contribution in [1.82, 2.24) is 0 Å². The molecule has 0 unspecified atom stereocenters. The van der Waals surface area contributed by atoms with E-state index in [1.807, 2.05) is 24.3 Å². The molecule has 2 nitrogen and oxygen atoms in total. The maximum atomic E-state index is 13.5. The Morgan fingerprint density at radius 1 is 1.14 bits per heavy atom. The maximum absolute atomic E-state index is 13.5. The molecule has 0 aliphatic carbocycles. The number of fused-ring (bicyclic) bond motifs is 1. The van der Waals surface area contributed by atoms with Gasteiger partial charge in [0.2, 0.25) is 0 Å². The number of hydrogen-bond donors (Lipinski definition) is 0. The Kier molecular flexibility index (Phi) is 3.86. The molecule has 112 valence electrons. The van der Waals surface area contributed by atoms with Crippen molar-refractivity contribution in [2.75, 3.05) is 14.2 Å². The van der Waals surface area contributed by atoms with Crippen molar-refractivity contribution in [3.05, 3.63) is 59.7 Å². The highest BCUT2D eigenvalue weighted by Gasteiger charge is 2.17. The zero-order chi connectivity index (χ0) is 15.7. The molecule has 0 bridgehead atoms. The van der Waals surface area contributed by atoms with Gasteiger partial charge in [0, 0.05) is 15.6 Å². The summed E-state index contributed by atoms with van der Waals surface area (Å²) >= 11 is 1.47. The van der Waals surface area contributed by atoms with Gasteiger partial charge in [0.15, 0.2) is 0 Å². The molecular formula is C18H15FO2S. The van der Waals surface area contributed by atoms with Gasteiger partial charge < -0.3 is 9.47 Å². The summed E-state index contributed by atoms with van der Waals surface area (Å²) in [6, 6.07) is 12.6. The van der Waals surface area contributed by atoms with E-state index in [1.165, 1.54) is 23.5 Å². The Hall–Kier alpha value is -2.33. The van der Waals surface area contributed by atoms with E-state index in [2.05, 4.69) is 6.58 Å². The van der Waals surface area contributed by atoms with Crippen molar-refractivity contribution in [2.24, 2.45) is 0 Å². The van der Waals surface area contributed by atoms with E-state index >= 15 is 0 Å². The largest absolute Gasteiger partial charge is 0.497 e. The minimum absolute atomic E-state index is 0.250. The van der Waals surface area contributed by atoms with Crippen molar-refractivity contribution >= 4 is 27.2 Å². The Balaban J connectivity index is 2.31. The normalized spacial score (nSPS) is 10.7. The number of methoxy groups -OCH3 is 2. The molecule has 1 aromatic heterocycles. The summed E-state index contributed by atoms with van der Waals surface area (Å²) in [5, 5.41) is 0.979. The van der Waals surface area contributed by atoms with Crippen molar-refractivity contribution in [2.45, 2.75) is 0 Å². The standard InChI is InChI=1S/C18H15FO2S/c1-11(20-2)18-17(12-5-4-6-14(9-12)21-3)15-8-7-13(19)10-16(15)22-18/h4-10H,1H2,2-3H3. The van der Waals surface area contributed by atoms with Crippen LogP contribution < -0.4 is 4.74 Å². The second kappa shape index (κ2) is 5.81. The summed E-state index contributed by atoms with van der Waals surface area (Å²) in [6.45, 7) is 3.95. The van der Waals surface area contributed by atoms with Crippen LogP contribution in [0.15, 0.2) is 49.0 Å². The van der Waals surface area contributed by atoms with Gasteiger partial charge in [0.25, 0.3) is 0 Å². The third kappa shape index (κ3) is 2.46. The lowest BCUT2D eigenvalue weighted by atomic mass is 10.0. The van der Waals surface area contributed by atoms with Crippen LogP contribution in [-0.2, 0) is 4.74 Å². The molecule has 0 amide bonds. The van der Waals surface area contributed by atoms with E-state index in [4.69, 9.17) is 9.47 Å². The number of ether oxygens (including phenoxy) is 2. The van der Waals surface area contributed by atoms with Crippen molar-refractivity contribution in [3.63, 3.8) is 0 Å². The number of rotatable bonds is 4. The molecule has 4 heteroatoms. The monoisotopic (exact) mass is 314 g/mol. The average Bonchev–Trinajstić information content (AvgIpc) is 2.92. The fourth-order valence-corrected chi connectivity index (χ4v) is 3.62. The van der Waals surface area contributed by atoms with Crippen LogP contribution in [0.1, 0.15) is 4.88 Å². The highest BCUT2D eigenvalue weighted by Crippen LogP contribution is 2.43. The van der Waals surface area contributed by atoms with Crippen molar-refractivity contribution in [3.8, 4) is 16.9 Å². The van der Waals surface area contributed by atoms with E-state index in [9.17, 15) is 4.39 Å². The summed E-state index contributed by atoms with van der Waals surface area (Å²) in [5.41, 5.74) is 1.98. The predicted molar refractivity (Wildman–Crippen MR) is 89.8 cm³/mol. The minimum Gasteiger partial charge on any atom is -0.497 e. The van der Waals surface area contributed by atoms with Crippen LogP contribution in [0.25, 0.3) is 27.0 Å². The molecular weight excluding hydrogens is 299 g/mol. The zero-order valence-electron chi connectivity index (χ0n) is 12.4. The SMILES string of the molecule is C=C(OC)c1sc2cc(F)ccc2c1-c1cccc(OC)c1. The third-order valence-electron chi connectivity index (χ3n) is 3.51. The van der Waals surface area contributed by atoms with Crippen LogP contribution in [0.4, 0.5) is 4.39 Å². The number of halogens is 1. The first-order chi connectivity index (χ1) is 10.6. The predicted octanol–water partition coefficient (Wildman–Crippen LogP) is 5.33. The smallest absolute Gasteiger partial charge is 0.129 e. The van der Waals surface area contributed by atoms with Crippen molar-refractivity contribution < 1.29 is 13.9 Å². The summed E-state index contributed by atoms with van der Waals surface area (Å²) < 4.78 is 25.0. The van der Waals surface area contributed by atoms with E-state index in [-0.39, 0.29) is 5.82 Å². The molecule has 0 aliphatic rings. The number of benzene rings is 2. The fraction of sp³-hybridized carbons (Fsp3) is 0.111. The molecule has 3 aromatic rings. The highest BCUT2D eigenvalue weighted by molar-refractivity contribution is 7.20. The van der Waals surface area contributed by atoms with E-state index in [0.29, 0.717) is 5.76 Å². The fourth-order valence-electron chi connectivity index (χ4n) is 2.42. The van der Waals surface area contributed by atoms with Gasteiger partial charge in [0.1, 0.15) is 17.3 Å². The lowest BCUT2D eigenvalue weighted by molar-refractivity contribution is 0.373. The highest BCUT2D eigenvalue weighted by atomic mass is 32.1. The van der Waals surface area contributed by atoms with E-state index in [0.717, 1.165) is 31.8 Å². The van der Waals surface area contributed by atoms with Crippen molar-refractivity contribution in [1.29, 1.82) is 0 Å². The van der Waals surface area contributed by atoms with Gasteiger partial charge >= 0.3 is 0 Å². The average molecular weight is 314 g/mol. The molecule has 0 saturated carbocycles. The van der Waals surface area contributed by atoms with E-state index < -0.39 is 0 Å². The molecule has 22 heavy (non-hydrogen) atoms. The Morgan fingerprint density at radius 3 is 2.68 bits per heavy atom. The Bertz CT molecular complexity index is 851. The van der Waals surface area contributed by atoms with Crippen LogP contribution in [0, 0.1) is 5.82 Å². The maximum Gasteiger partial charge on any atom is 0.129 e. The molecule has 0 atom stereocenters. The molecule has 1 heterocycles. The van der Waals surface area contributed by atoms with Crippen LogP contribution in [0.3, 0.4) is 0 Å². The van der Waals surface area contributed by atoms with Gasteiger partial charge in [-0.3, -0.25) is 0 Å². The molecule has 0 radical (unpaired) electrons. The molecule has 0 N–H and O–H groups in total. The quantitative estimate of drug-likeness (QED) is 0.606. The second-order valence-corrected chi connectivity index (χ2v) is 5.86. The van der Waals surface area contributed by atoms with E-state index in [1.54, 1.807) is 20.3 Å². The summed E-state index contributed by atoms with van der Waals surface area (Å²) in [4.78, 5) is 0.899. The Morgan fingerprint density at radius 2 is 1.95 bits per heavy atom. The van der Waals surface area contributed by atoms with Crippen LogP contribution in [0.5, 0.6) is 5.75 Å². The van der Waals surface area contributed by atoms with Gasteiger partial charge in [0.05, 0.1) is 19.1 Å². The molecule has 2 aromatic carbocycles. The molecule has 0 saturated heterocycles. The number of hydrogen-bond acceptors (Lipinski definition) is 3. The lowest BCUT2D eigenvalue weighted by Crippen LogP contribution is -1.87. The first-order valence-electron chi connectivity index (χ1n) is 6.73. The van der Waals surface area contributed by atoms with Crippen LogP contribution in [0.2, 0.25) is 0 Å². The minimum atomic E-state index is -0.250. The van der Waals surface area contributed by atoms with Gasteiger partial charge in [-0.1, -0.05) is 18.7 Å². The van der Waals surface area contributed by atoms with Gasteiger partial charge in [-0.25, -0.2) is 4.39 Å². The summed E-state index contributed by atoms with van der Waals surface area (Å²) in [6.07, 6.45) is 0. The first-order valence-corrected chi connectivity index (χ1v) is 7.55.